The van der Waals surface area contributed by atoms with Crippen molar-refractivity contribution in [3.05, 3.63) is 0 Å². The van der Waals surface area contributed by atoms with Crippen LogP contribution in [0, 0.1) is 0 Å². The molecule has 3 heteroatoms. The molecule has 6 heavy (non-hydrogen) atoms. The molecular weight excluding hydrogens is 82.0 g/mol. The van der Waals surface area contributed by atoms with Crippen molar-refractivity contribution >= 4 is 6.09 Å². The Labute approximate surface area is 38.8 Å². The van der Waals surface area contributed by atoms with Gasteiger partial charge in [0.05, 0.1) is 0 Å². The first kappa shape index (κ1) is 2.44. The normalized spacial score (nSPS) is 17.5. The number of hydrogen-bond donors (Lipinski definition) is 2. The summed E-state index contributed by atoms with van der Waals surface area (Å²) >= 11 is 0. The van der Waals surface area contributed by atoms with Crippen LogP contribution in [0.2, 0.25) is 1.41 Å². The second kappa shape index (κ2) is 2.50. The standard InChI is InChI=1S/C3H7NO2/c1-2-4-3(5)6/h4H,2H2,1H3,(H,5,6)/i2D/hD. The van der Waals surface area contributed by atoms with Gasteiger partial charge in [-0.2, -0.15) is 0 Å². The Morgan fingerprint density at radius 3 is 3.00 bits per heavy atom. The van der Waals surface area contributed by atoms with E-state index in [-0.39, 0.29) is 5.31 Å². The third-order valence-electron chi connectivity index (χ3n) is 0.240. The van der Waals surface area contributed by atoms with Crippen molar-refractivity contribution in [3.8, 4) is 0 Å². The van der Waals surface area contributed by atoms with Gasteiger partial charge in [-0.05, 0) is 6.92 Å². The van der Waals surface area contributed by atoms with Crippen LogP contribution in [0.15, 0.2) is 0 Å². The van der Waals surface area contributed by atoms with E-state index in [0.717, 1.165) is 0 Å². The topological polar surface area (TPSA) is 49.3 Å². The maximum Gasteiger partial charge on any atom is 0.404 e. The van der Waals surface area contributed by atoms with Crippen LogP contribution >= 0.6 is 0 Å². The molecule has 0 heterocycles. The molecule has 2 N–H and O–H groups in total. The first-order valence-corrected chi connectivity index (χ1v) is 1.49. The summed E-state index contributed by atoms with van der Waals surface area (Å²) in [4.78, 5) is 9.76. The Hall–Kier alpha value is -0.730. The van der Waals surface area contributed by atoms with Crippen molar-refractivity contribution in [1.29, 1.82) is 0 Å². The van der Waals surface area contributed by atoms with Gasteiger partial charge in [-0.25, -0.2) is 4.79 Å². The number of carbonyl (C=O) groups is 1. The first-order chi connectivity index (χ1) is 3.55. The van der Waals surface area contributed by atoms with Gasteiger partial charge in [0.25, 0.3) is 0 Å². The zero-order valence-corrected chi connectivity index (χ0v) is 3.38. The molecule has 0 aliphatic carbocycles. The Balaban J connectivity index is 3.64. The molecule has 1 unspecified atom stereocenters. The van der Waals surface area contributed by atoms with Crippen LogP contribution in [-0.4, -0.2) is 17.7 Å². The number of nitrogens with one attached hydrogen (secondary N) is 1. The highest BCUT2D eigenvalue weighted by molar-refractivity contribution is 5.64. The fourth-order valence-corrected chi connectivity index (χ4v) is 0.110. The van der Waals surface area contributed by atoms with Gasteiger partial charge >= 0.3 is 6.09 Å². The summed E-state index contributed by atoms with van der Waals surface area (Å²) in [6.45, 7) is 0.300. The van der Waals surface area contributed by atoms with E-state index in [9.17, 15) is 4.79 Å². The second-order valence-corrected chi connectivity index (χ2v) is 0.670. The van der Waals surface area contributed by atoms with Crippen molar-refractivity contribution in [3.63, 3.8) is 0 Å². The second-order valence-electron chi connectivity index (χ2n) is 0.670. The molecule has 3 nitrogen and oxygen atoms in total. The van der Waals surface area contributed by atoms with Crippen LogP contribution in [0.5, 0.6) is 0 Å². The molecule has 0 bridgehead atoms. The highest BCUT2D eigenvalue weighted by atomic mass is 16.4. The molecule has 0 aromatic rings. The zero-order valence-electron chi connectivity index (χ0n) is 5.38. The van der Waals surface area contributed by atoms with Gasteiger partial charge in [-0.15, -0.1) is 0 Å². The third-order valence-corrected chi connectivity index (χ3v) is 0.240. The van der Waals surface area contributed by atoms with E-state index < -0.39 is 12.6 Å². The van der Waals surface area contributed by atoms with Gasteiger partial charge in [0.2, 0.25) is 0 Å². The molecule has 1 amide bonds. The molecule has 0 saturated carbocycles. The molecule has 0 fully saturated rings. The lowest BCUT2D eigenvalue weighted by Crippen LogP contribution is -2.19. The maximum absolute atomic E-state index is 9.76. The number of hydrogen-bond acceptors (Lipinski definition) is 1. The van der Waals surface area contributed by atoms with Gasteiger partial charge in [-0.3, -0.25) is 0 Å². The lowest BCUT2D eigenvalue weighted by molar-refractivity contribution is 0.195. The fraction of sp³-hybridized carbons (Fsp3) is 0.667. The van der Waals surface area contributed by atoms with Crippen molar-refractivity contribution in [2.45, 2.75) is 6.92 Å². The smallest absolute Gasteiger partial charge is 0.404 e. The summed E-state index contributed by atoms with van der Waals surface area (Å²) in [6.07, 6.45) is -1.40. The highest BCUT2D eigenvalue weighted by Crippen LogP contribution is 1.54. The van der Waals surface area contributed by atoms with Crippen LogP contribution < -0.4 is 5.31 Å². The van der Waals surface area contributed by atoms with E-state index >= 15 is 0 Å². The maximum atomic E-state index is 9.76. The van der Waals surface area contributed by atoms with E-state index in [0.29, 0.717) is 0 Å². The average molecular weight is 91.1 g/mol. The third kappa shape index (κ3) is 3.27. The molecule has 0 rings (SSSR count). The number of amides is 1. The van der Waals surface area contributed by atoms with E-state index in [4.69, 9.17) is 7.89 Å². The predicted octanol–water partition coefficient (Wildman–Crippen LogP) is 0.274. The lowest BCUT2D eigenvalue weighted by atomic mass is 10.8. The predicted molar refractivity (Wildman–Crippen MR) is 21.7 cm³/mol. The molecule has 0 aromatic carbocycles. The molecule has 1 atom stereocenters. The van der Waals surface area contributed by atoms with Crippen LogP contribution in [0.3, 0.4) is 0 Å². The Morgan fingerprint density at radius 1 is 2.50 bits per heavy atom. The van der Waals surface area contributed by atoms with Crippen LogP contribution in [0.1, 0.15) is 8.29 Å². The van der Waals surface area contributed by atoms with Gasteiger partial charge in [-0.1, -0.05) is 0 Å². The largest absolute Gasteiger partial charge is 0.465 e. The summed E-state index contributed by atoms with van der Waals surface area (Å²) in [5, 5.41) is 8.14. The van der Waals surface area contributed by atoms with E-state index in [1.165, 1.54) is 6.92 Å². The lowest BCUT2D eigenvalue weighted by Gasteiger charge is -1.87. The Bertz CT molecular complexity index is 95.3. The molecular formula is C3H7NO2. The van der Waals surface area contributed by atoms with E-state index in [1.54, 1.807) is 0 Å². The summed E-state index contributed by atoms with van der Waals surface area (Å²) < 4.78 is 13.2. The highest BCUT2D eigenvalue weighted by Gasteiger charge is 1.82. The minimum atomic E-state index is -1.40. The molecule has 0 aliphatic heterocycles. The van der Waals surface area contributed by atoms with Crippen LogP contribution in [-0.2, 0) is 0 Å². The molecule has 0 radical (unpaired) electrons. The summed E-state index contributed by atoms with van der Waals surface area (Å²) in [7, 11) is 0. The molecule has 0 spiro atoms. The van der Waals surface area contributed by atoms with E-state index in [1.807, 2.05) is 0 Å². The molecule has 36 valence electrons. The van der Waals surface area contributed by atoms with Gasteiger partial charge in [0, 0.05) is 7.89 Å². The Morgan fingerprint density at radius 2 is 3.00 bits per heavy atom. The minimum Gasteiger partial charge on any atom is -0.465 e. The van der Waals surface area contributed by atoms with Crippen molar-refractivity contribution in [2.75, 3.05) is 6.52 Å². The van der Waals surface area contributed by atoms with Crippen molar-refractivity contribution < 1.29 is 12.7 Å². The van der Waals surface area contributed by atoms with Gasteiger partial charge < -0.3 is 10.4 Å². The SMILES string of the molecule is [2H]C(C)N([2H])C(=O)O. The van der Waals surface area contributed by atoms with Gasteiger partial charge in [0.15, 0.2) is 1.41 Å². The quantitative estimate of drug-likeness (QED) is 0.486. The van der Waals surface area contributed by atoms with Crippen LogP contribution in [0.4, 0.5) is 4.79 Å². The monoisotopic (exact) mass is 91.1 g/mol. The van der Waals surface area contributed by atoms with Gasteiger partial charge in [0.1, 0.15) is 0 Å². The van der Waals surface area contributed by atoms with Crippen LogP contribution in [0.25, 0.3) is 0 Å². The first-order valence-electron chi connectivity index (χ1n) is 2.51. The molecule has 0 saturated heterocycles. The molecule has 0 aliphatic rings. The summed E-state index contributed by atoms with van der Waals surface area (Å²) in [5.41, 5.74) is 0. The zero-order chi connectivity index (χ0) is 6.73. The van der Waals surface area contributed by atoms with E-state index in [2.05, 4.69) is 0 Å². The number of carboxylic acid groups (broad SMARTS) is 1. The summed E-state index contributed by atoms with van der Waals surface area (Å²) in [6, 6.07) is 0. The Kier molecular flexibility index (Phi) is 1.02. The average Bonchev–Trinajstić information content (AvgIpc) is 1.64. The molecule has 0 aromatic heterocycles. The van der Waals surface area contributed by atoms with Crippen molar-refractivity contribution in [1.82, 2.24) is 5.31 Å². The number of rotatable bonds is 1. The minimum absolute atomic E-state index is 0.167. The van der Waals surface area contributed by atoms with Crippen molar-refractivity contribution in [2.24, 2.45) is 0 Å². The fourth-order valence-electron chi connectivity index (χ4n) is 0.110. The summed E-state index contributed by atoms with van der Waals surface area (Å²) in [5.74, 6) is 0.